The maximum absolute atomic E-state index is 9.96. The molecular formula is C4H10O4P. The van der Waals surface area contributed by atoms with Crippen LogP contribution in [0.15, 0.2) is 0 Å². The van der Waals surface area contributed by atoms with Crippen molar-refractivity contribution < 1.29 is 18.9 Å². The second-order valence-electron chi connectivity index (χ2n) is 1.48. The predicted octanol–water partition coefficient (Wildman–Crippen LogP) is 0.710. The number of hydrogen-bond donors (Lipinski definition) is 2. The Balaban J connectivity index is 3.18. The molecule has 0 spiro atoms. The molecule has 0 aliphatic rings. The van der Waals surface area contributed by atoms with Crippen molar-refractivity contribution in [2.24, 2.45) is 0 Å². The molecule has 0 unspecified atom stereocenters. The topological polar surface area (TPSA) is 66.8 Å². The summed E-state index contributed by atoms with van der Waals surface area (Å²) in [6, 6.07) is 0. The number of rotatable bonds is 4. The van der Waals surface area contributed by atoms with E-state index >= 15 is 0 Å². The van der Waals surface area contributed by atoms with Crippen molar-refractivity contribution in [3.63, 3.8) is 0 Å². The molecule has 2 N–H and O–H groups in total. The molecule has 0 fully saturated rings. The van der Waals surface area contributed by atoms with E-state index in [4.69, 9.17) is 9.79 Å². The van der Waals surface area contributed by atoms with Crippen LogP contribution in [-0.2, 0) is 9.09 Å². The lowest BCUT2D eigenvalue weighted by Gasteiger charge is -2.01. The van der Waals surface area contributed by atoms with E-state index in [1.54, 1.807) is 6.42 Å². The van der Waals surface area contributed by atoms with Gasteiger partial charge < -0.3 is 9.79 Å². The van der Waals surface area contributed by atoms with Gasteiger partial charge >= 0.3 is 7.82 Å². The Morgan fingerprint density at radius 2 is 2.22 bits per heavy atom. The monoisotopic (exact) mass is 153 g/mol. The van der Waals surface area contributed by atoms with Crippen molar-refractivity contribution in [2.75, 3.05) is 6.61 Å². The highest BCUT2D eigenvalue weighted by atomic mass is 31.2. The molecule has 4 nitrogen and oxygen atoms in total. The first-order valence-corrected chi connectivity index (χ1v) is 4.11. The fraction of sp³-hybridized carbons (Fsp3) is 0.750. The molecular weight excluding hydrogens is 143 g/mol. The minimum atomic E-state index is -4.23. The van der Waals surface area contributed by atoms with Crippen LogP contribution in [0.5, 0.6) is 0 Å². The normalized spacial score (nSPS) is 11.9. The van der Waals surface area contributed by atoms with Crippen molar-refractivity contribution in [2.45, 2.75) is 13.3 Å². The molecule has 0 heterocycles. The number of hydrogen-bond acceptors (Lipinski definition) is 2. The first kappa shape index (κ1) is 9.11. The highest BCUT2D eigenvalue weighted by molar-refractivity contribution is 7.46. The molecule has 55 valence electrons. The van der Waals surface area contributed by atoms with Gasteiger partial charge in [0.25, 0.3) is 0 Å². The van der Waals surface area contributed by atoms with E-state index in [1.165, 1.54) is 0 Å². The van der Waals surface area contributed by atoms with E-state index in [0.717, 1.165) is 6.42 Å². The van der Waals surface area contributed by atoms with E-state index in [9.17, 15) is 4.57 Å². The average Bonchev–Trinajstić information content (AvgIpc) is 1.63. The summed E-state index contributed by atoms with van der Waals surface area (Å²) in [6.45, 7) is 1.88. The number of phosphoric acid groups is 1. The molecule has 0 aliphatic heterocycles. The minimum Gasteiger partial charge on any atom is -0.303 e. The van der Waals surface area contributed by atoms with Gasteiger partial charge in [-0.25, -0.2) is 4.57 Å². The molecule has 0 saturated carbocycles. The summed E-state index contributed by atoms with van der Waals surface area (Å²) in [6.07, 6.45) is 2.39. The average molecular weight is 153 g/mol. The van der Waals surface area contributed by atoms with E-state index in [-0.39, 0.29) is 6.61 Å². The van der Waals surface area contributed by atoms with Gasteiger partial charge in [-0.05, 0) is 6.42 Å². The molecule has 0 amide bonds. The minimum absolute atomic E-state index is 0.0147. The van der Waals surface area contributed by atoms with Crippen molar-refractivity contribution in [1.29, 1.82) is 0 Å². The van der Waals surface area contributed by atoms with Crippen LogP contribution in [0.4, 0.5) is 0 Å². The lowest BCUT2D eigenvalue weighted by molar-refractivity contribution is 0.209. The van der Waals surface area contributed by atoms with E-state index < -0.39 is 7.82 Å². The van der Waals surface area contributed by atoms with Crippen LogP contribution in [-0.4, -0.2) is 16.4 Å². The molecule has 0 aromatic carbocycles. The first-order valence-electron chi connectivity index (χ1n) is 2.58. The third kappa shape index (κ3) is 8.11. The predicted molar refractivity (Wildman–Crippen MR) is 32.6 cm³/mol. The maximum atomic E-state index is 9.96. The summed E-state index contributed by atoms with van der Waals surface area (Å²) in [5.74, 6) is 0. The van der Waals surface area contributed by atoms with Gasteiger partial charge in [0.15, 0.2) is 0 Å². The highest BCUT2D eigenvalue weighted by Crippen LogP contribution is 2.35. The van der Waals surface area contributed by atoms with Gasteiger partial charge in [-0.15, -0.1) is 0 Å². The lowest BCUT2D eigenvalue weighted by atomic mass is 10.4. The third-order valence-electron chi connectivity index (χ3n) is 0.649. The zero-order valence-corrected chi connectivity index (χ0v) is 6.04. The van der Waals surface area contributed by atoms with Crippen molar-refractivity contribution >= 4 is 7.82 Å². The van der Waals surface area contributed by atoms with Crippen LogP contribution in [0, 0.1) is 6.42 Å². The molecule has 0 aromatic heterocycles. The maximum Gasteiger partial charge on any atom is 0.469 e. The van der Waals surface area contributed by atoms with Gasteiger partial charge in [-0.3, -0.25) is 4.52 Å². The molecule has 0 bridgehead atoms. The smallest absolute Gasteiger partial charge is 0.303 e. The summed E-state index contributed by atoms with van der Waals surface area (Å²) in [5, 5.41) is 0. The van der Waals surface area contributed by atoms with Crippen molar-refractivity contribution in [3.05, 3.63) is 6.42 Å². The Labute approximate surface area is 54.1 Å². The van der Waals surface area contributed by atoms with E-state index in [0.29, 0.717) is 0 Å². The van der Waals surface area contributed by atoms with Crippen LogP contribution in [0.2, 0.25) is 0 Å². The van der Waals surface area contributed by atoms with Crippen LogP contribution in [0.1, 0.15) is 13.3 Å². The van der Waals surface area contributed by atoms with Gasteiger partial charge in [0.2, 0.25) is 0 Å². The molecule has 0 atom stereocenters. The third-order valence-corrected chi connectivity index (χ3v) is 1.13. The van der Waals surface area contributed by atoms with Crippen LogP contribution < -0.4 is 0 Å². The Hall–Kier alpha value is 0.110. The summed E-state index contributed by atoms with van der Waals surface area (Å²) in [4.78, 5) is 16.2. The van der Waals surface area contributed by atoms with E-state index in [1.807, 2.05) is 6.92 Å². The zero-order valence-electron chi connectivity index (χ0n) is 5.15. The van der Waals surface area contributed by atoms with Crippen LogP contribution in [0.3, 0.4) is 0 Å². The van der Waals surface area contributed by atoms with Gasteiger partial charge in [0.1, 0.15) is 0 Å². The van der Waals surface area contributed by atoms with Crippen molar-refractivity contribution in [1.82, 2.24) is 0 Å². The summed E-state index contributed by atoms with van der Waals surface area (Å²) in [7, 11) is -4.23. The van der Waals surface area contributed by atoms with Gasteiger partial charge in [0.05, 0.1) is 6.61 Å². The largest absolute Gasteiger partial charge is 0.469 e. The summed E-state index contributed by atoms with van der Waals surface area (Å²) >= 11 is 0. The van der Waals surface area contributed by atoms with E-state index in [2.05, 4.69) is 4.52 Å². The Bertz CT molecular complexity index is 107. The lowest BCUT2D eigenvalue weighted by Crippen LogP contribution is -1.91. The molecule has 0 rings (SSSR count). The summed E-state index contributed by atoms with van der Waals surface area (Å²) < 4.78 is 14.0. The first-order chi connectivity index (χ1) is 4.06. The van der Waals surface area contributed by atoms with Gasteiger partial charge in [-0.2, -0.15) is 0 Å². The van der Waals surface area contributed by atoms with Crippen molar-refractivity contribution in [3.8, 4) is 0 Å². The fourth-order valence-corrected chi connectivity index (χ4v) is 0.567. The molecule has 9 heavy (non-hydrogen) atoms. The second-order valence-corrected chi connectivity index (χ2v) is 2.72. The Morgan fingerprint density at radius 1 is 1.67 bits per heavy atom. The Kier molecular flexibility index (Phi) is 4.06. The quantitative estimate of drug-likeness (QED) is 0.461. The SMILES string of the molecule is CC[CH]COP(=O)(O)O. The second kappa shape index (κ2) is 4.01. The Morgan fingerprint density at radius 3 is 2.56 bits per heavy atom. The molecule has 0 aliphatic carbocycles. The standard InChI is InChI=1S/C4H10O4P/c1-2-3-4-8-9(5,6)7/h3H,2,4H2,1H3,(H2,5,6,7). The van der Waals surface area contributed by atoms with Gasteiger partial charge in [-0.1, -0.05) is 13.3 Å². The summed E-state index contributed by atoms with van der Waals surface area (Å²) in [5.41, 5.74) is 0. The number of unbranched alkanes of at least 4 members (excludes halogenated alkanes) is 1. The van der Waals surface area contributed by atoms with Crippen LogP contribution >= 0.6 is 7.82 Å². The van der Waals surface area contributed by atoms with Crippen LogP contribution in [0.25, 0.3) is 0 Å². The molecule has 5 heteroatoms. The molecule has 0 saturated heterocycles. The zero-order chi connectivity index (χ0) is 7.33. The van der Waals surface area contributed by atoms with Gasteiger partial charge in [0, 0.05) is 0 Å². The number of phosphoric ester groups is 1. The molecule has 0 aromatic rings. The highest BCUT2D eigenvalue weighted by Gasteiger charge is 2.11. The fourth-order valence-electron chi connectivity index (χ4n) is 0.268. The molecule has 1 radical (unpaired) electrons.